The topological polar surface area (TPSA) is 61.6 Å². The highest BCUT2D eigenvalue weighted by atomic mass is 16.2. The van der Waals surface area contributed by atoms with E-state index in [0.717, 1.165) is 39.0 Å². The second kappa shape index (κ2) is 7.26. The fraction of sp³-hybridized carbons (Fsp3) is 0.533. The van der Waals surface area contributed by atoms with Gasteiger partial charge in [-0.1, -0.05) is 31.5 Å². The predicted octanol–water partition coefficient (Wildman–Crippen LogP) is 0.967. The highest BCUT2D eigenvalue weighted by Gasteiger charge is 2.27. The molecule has 1 aliphatic rings. The summed E-state index contributed by atoms with van der Waals surface area (Å²) >= 11 is 0. The summed E-state index contributed by atoms with van der Waals surface area (Å²) in [7, 11) is 0. The molecule has 2 rings (SSSR count). The van der Waals surface area contributed by atoms with Crippen LogP contribution in [-0.4, -0.2) is 43.0 Å². The second-order valence-electron chi connectivity index (χ2n) is 5.17. The molecule has 5 heteroatoms. The Morgan fingerprint density at radius 3 is 2.45 bits per heavy atom. The highest BCUT2D eigenvalue weighted by Crippen LogP contribution is 2.17. The number of piperazine rings is 1. The van der Waals surface area contributed by atoms with Crippen LogP contribution in [0.15, 0.2) is 30.3 Å². The molecule has 20 heavy (non-hydrogen) atoms. The largest absolute Gasteiger partial charge is 0.369 e. The van der Waals surface area contributed by atoms with E-state index in [4.69, 9.17) is 5.84 Å². The van der Waals surface area contributed by atoms with Gasteiger partial charge < -0.3 is 4.90 Å². The minimum Gasteiger partial charge on any atom is -0.369 e. The molecule has 1 amide bonds. The number of nitrogens with one attached hydrogen (secondary N) is 1. The molecule has 5 nitrogen and oxygen atoms in total. The Bertz CT molecular complexity index is 415. The zero-order chi connectivity index (χ0) is 14.4. The molecule has 0 spiro atoms. The van der Waals surface area contributed by atoms with Crippen LogP contribution < -0.4 is 16.2 Å². The molecule has 1 aromatic carbocycles. The predicted molar refractivity (Wildman–Crippen MR) is 81.3 cm³/mol. The third-order valence-corrected chi connectivity index (χ3v) is 3.88. The van der Waals surface area contributed by atoms with Gasteiger partial charge >= 0.3 is 0 Å². The molecule has 1 heterocycles. The van der Waals surface area contributed by atoms with Crippen molar-refractivity contribution >= 4 is 11.6 Å². The van der Waals surface area contributed by atoms with Gasteiger partial charge in [0.2, 0.25) is 0 Å². The summed E-state index contributed by atoms with van der Waals surface area (Å²) in [6, 6.07) is 10.3. The minimum atomic E-state index is -0.0945. The van der Waals surface area contributed by atoms with E-state index in [-0.39, 0.29) is 11.9 Å². The summed E-state index contributed by atoms with van der Waals surface area (Å²) in [5, 5.41) is 0. The summed E-state index contributed by atoms with van der Waals surface area (Å²) in [5.41, 5.74) is 3.55. The first-order chi connectivity index (χ1) is 9.76. The quantitative estimate of drug-likeness (QED) is 0.478. The number of hydrazine groups is 1. The van der Waals surface area contributed by atoms with Crippen molar-refractivity contribution in [2.45, 2.75) is 25.8 Å². The fourth-order valence-corrected chi connectivity index (χ4v) is 2.78. The lowest BCUT2D eigenvalue weighted by molar-refractivity contribution is -0.127. The summed E-state index contributed by atoms with van der Waals surface area (Å²) in [6.07, 6.45) is 1.84. The Labute approximate surface area is 120 Å². The molecular weight excluding hydrogens is 252 g/mol. The normalized spacial score (nSPS) is 17.8. The van der Waals surface area contributed by atoms with Crippen molar-refractivity contribution in [3.8, 4) is 0 Å². The Balaban J connectivity index is 1.94. The summed E-state index contributed by atoms with van der Waals surface area (Å²) in [4.78, 5) is 16.5. The van der Waals surface area contributed by atoms with Crippen LogP contribution in [0.3, 0.4) is 0 Å². The van der Waals surface area contributed by atoms with Gasteiger partial charge in [-0.15, -0.1) is 0 Å². The standard InChI is InChI=1S/C15H24N4O/c1-2-6-14(15(20)17-16)19-11-9-18(10-12-19)13-7-4-3-5-8-13/h3-5,7-8,14H,2,6,9-12,16H2,1H3,(H,17,20)/t14-/m0/s1. The van der Waals surface area contributed by atoms with Crippen LogP contribution in [0.25, 0.3) is 0 Å². The molecule has 0 aliphatic carbocycles. The molecule has 1 saturated heterocycles. The first-order valence-electron chi connectivity index (χ1n) is 7.30. The third kappa shape index (κ3) is 3.49. The van der Waals surface area contributed by atoms with Crippen molar-refractivity contribution in [2.24, 2.45) is 5.84 Å². The first kappa shape index (κ1) is 14.8. The van der Waals surface area contributed by atoms with Crippen LogP contribution in [0.2, 0.25) is 0 Å². The van der Waals surface area contributed by atoms with E-state index in [1.54, 1.807) is 0 Å². The molecule has 0 unspecified atom stereocenters. The average molecular weight is 276 g/mol. The van der Waals surface area contributed by atoms with E-state index in [2.05, 4.69) is 46.4 Å². The number of rotatable bonds is 5. The maximum absolute atomic E-state index is 11.9. The Morgan fingerprint density at radius 1 is 1.25 bits per heavy atom. The molecule has 0 aromatic heterocycles. The molecule has 0 bridgehead atoms. The molecule has 3 N–H and O–H groups in total. The molecule has 110 valence electrons. The van der Waals surface area contributed by atoms with E-state index < -0.39 is 0 Å². The lowest BCUT2D eigenvalue weighted by Gasteiger charge is -2.39. The van der Waals surface area contributed by atoms with Crippen LogP contribution >= 0.6 is 0 Å². The average Bonchev–Trinajstić information content (AvgIpc) is 2.53. The van der Waals surface area contributed by atoms with Crippen molar-refractivity contribution in [3.05, 3.63) is 30.3 Å². The van der Waals surface area contributed by atoms with Gasteiger partial charge in [0.05, 0.1) is 6.04 Å². The van der Waals surface area contributed by atoms with Crippen LogP contribution in [0, 0.1) is 0 Å². The number of hydrogen-bond acceptors (Lipinski definition) is 4. The van der Waals surface area contributed by atoms with Gasteiger partial charge in [-0.05, 0) is 18.6 Å². The van der Waals surface area contributed by atoms with E-state index in [1.165, 1.54) is 5.69 Å². The number of benzene rings is 1. The molecule has 1 aliphatic heterocycles. The summed E-state index contributed by atoms with van der Waals surface area (Å²) < 4.78 is 0. The van der Waals surface area contributed by atoms with Crippen LogP contribution in [-0.2, 0) is 4.79 Å². The van der Waals surface area contributed by atoms with E-state index in [9.17, 15) is 4.79 Å². The van der Waals surface area contributed by atoms with Crippen molar-refractivity contribution < 1.29 is 4.79 Å². The van der Waals surface area contributed by atoms with Crippen molar-refractivity contribution in [3.63, 3.8) is 0 Å². The Morgan fingerprint density at radius 2 is 1.90 bits per heavy atom. The van der Waals surface area contributed by atoms with Gasteiger partial charge in [-0.3, -0.25) is 15.1 Å². The number of amides is 1. The number of nitrogens with zero attached hydrogens (tertiary/aromatic N) is 2. The minimum absolute atomic E-state index is 0.0694. The monoisotopic (exact) mass is 276 g/mol. The zero-order valence-electron chi connectivity index (χ0n) is 12.1. The molecule has 0 radical (unpaired) electrons. The van der Waals surface area contributed by atoms with Crippen molar-refractivity contribution in [2.75, 3.05) is 31.1 Å². The third-order valence-electron chi connectivity index (χ3n) is 3.88. The Kier molecular flexibility index (Phi) is 5.38. The van der Waals surface area contributed by atoms with Gasteiger partial charge in [-0.25, -0.2) is 5.84 Å². The Hall–Kier alpha value is -1.59. The smallest absolute Gasteiger partial charge is 0.251 e. The number of hydrogen-bond donors (Lipinski definition) is 2. The number of anilines is 1. The fourth-order valence-electron chi connectivity index (χ4n) is 2.78. The zero-order valence-corrected chi connectivity index (χ0v) is 12.1. The molecular formula is C15H24N4O. The maximum Gasteiger partial charge on any atom is 0.251 e. The van der Waals surface area contributed by atoms with E-state index in [0.29, 0.717) is 0 Å². The molecule has 0 saturated carbocycles. The highest BCUT2D eigenvalue weighted by molar-refractivity contribution is 5.81. The number of nitrogens with two attached hydrogens (primary N) is 1. The maximum atomic E-state index is 11.9. The van der Waals surface area contributed by atoms with Gasteiger partial charge in [0.1, 0.15) is 0 Å². The second-order valence-corrected chi connectivity index (χ2v) is 5.17. The molecule has 1 atom stereocenters. The first-order valence-corrected chi connectivity index (χ1v) is 7.30. The lowest BCUT2D eigenvalue weighted by atomic mass is 10.1. The SMILES string of the molecule is CCC[C@@H](C(=O)NN)N1CCN(c2ccccc2)CC1. The summed E-state index contributed by atoms with van der Waals surface area (Å²) in [5.74, 6) is 5.22. The van der Waals surface area contributed by atoms with E-state index >= 15 is 0 Å². The van der Waals surface area contributed by atoms with Crippen LogP contribution in [0.5, 0.6) is 0 Å². The van der Waals surface area contributed by atoms with Crippen molar-refractivity contribution in [1.29, 1.82) is 0 Å². The van der Waals surface area contributed by atoms with Crippen LogP contribution in [0.4, 0.5) is 5.69 Å². The van der Waals surface area contributed by atoms with Gasteiger partial charge in [0, 0.05) is 31.9 Å². The lowest BCUT2D eigenvalue weighted by Crippen LogP contribution is -2.55. The van der Waals surface area contributed by atoms with Crippen LogP contribution in [0.1, 0.15) is 19.8 Å². The van der Waals surface area contributed by atoms with Gasteiger partial charge in [-0.2, -0.15) is 0 Å². The van der Waals surface area contributed by atoms with Gasteiger partial charge in [0.25, 0.3) is 5.91 Å². The number of carbonyl (C=O) groups is 1. The van der Waals surface area contributed by atoms with Gasteiger partial charge in [0.15, 0.2) is 0 Å². The number of carbonyl (C=O) groups excluding carboxylic acids is 1. The summed E-state index contributed by atoms with van der Waals surface area (Å²) in [6.45, 7) is 5.78. The van der Waals surface area contributed by atoms with Crippen molar-refractivity contribution in [1.82, 2.24) is 10.3 Å². The van der Waals surface area contributed by atoms with E-state index in [1.807, 2.05) is 6.07 Å². The number of para-hydroxylation sites is 1. The molecule has 1 fully saturated rings. The molecule has 1 aromatic rings.